The molecule has 0 bridgehead atoms. The maximum absolute atomic E-state index is 14.2. The van der Waals surface area contributed by atoms with Gasteiger partial charge in [-0.25, -0.2) is 9.78 Å². The molecule has 3 aromatic carbocycles. The molecular formula is C33H29F3N4O6. The number of hydrogen-bond donors (Lipinski definition) is 2. The zero-order valence-corrected chi connectivity index (χ0v) is 24.5. The van der Waals surface area contributed by atoms with Crippen molar-refractivity contribution in [3.63, 3.8) is 0 Å². The molecule has 4 aromatic rings. The second-order valence-corrected chi connectivity index (χ2v) is 11.2. The van der Waals surface area contributed by atoms with E-state index in [1.54, 1.807) is 67.6 Å². The molecule has 13 heteroatoms. The number of benzene rings is 3. The number of ether oxygens (including phenoxy) is 1. The molecule has 0 saturated heterocycles. The summed E-state index contributed by atoms with van der Waals surface area (Å²) in [5.74, 6) is -1.76. The number of alkyl halides is 3. The Bertz CT molecular complexity index is 1810. The first kappa shape index (κ1) is 31.9. The smallest absolute Gasteiger partial charge is 0.416 e. The van der Waals surface area contributed by atoms with Gasteiger partial charge >= 0.3 is 18.2 Å². The van der Waals surface area contributed by atoms with Crippen LogP contribution in [0.2, 0.25) is 0 Å². The molecule has 1 aliphatic rings. The number of nitrogens with one attached hydrogen (secondary N) is 1. The standard InChI is InChI=1S/C33H29F3N4O6/c1-32(17-27(41)42)16-25(28(43)38-24-13-6-3-7-14-24)40-29(44)26(18-37-30(32)40)39(31(45)46-20-21-9-4-2-5-10-21)19-22-11-8-12-23(15-22)33(34,35)36/h2-15,18,25H,16-17,19-20H2,1H3,(H,38,43)(H,41,42)/t25-,32+/m0/s1. The lowest BCUT2D eigenvalue weighted by atomic mass is 9.83. The predicted octanol–water partition coefficient (Wildman–Crippen LogP) is 5.92. The zero-order chi connectivity index (χ0) is 33.1. The molecule has 0 saturated carbocycles. The van der Waals surface area contributed by atoms with E-state index in [4.69, 9.17) is 4.74 Å². The van der Waals surface area contributed by atoms with Gasteiger partial charge in [-0.1, -0.05) is 67.6 Å². The third-order valence-corrected chi connectivity index (χ3v) is 7.67. The number of anilines is 2. The first-order valence-electron chi connectivity index (χ1n) is 14.2. The van der Waals surface area contributed by atoms with Gasteiger partial charge in [-0.15, -0.1) is 0 Å². The number of fused-ring (bicyclic) bond motifs is 1. The van der Waals surface area contributed by atoms with Crippen molar-refractivity contribution in [2.45, 2.75) is 50.6 Å². The Morgan fingerprint density at radius 3 is 2.33 bits per heavy atom. The molecule has 46 heavy (non-hydrogen) atoms. The first-order valence-corrected chi connectivity index (χ1v) is 14.2. The summed E-state index contributed by atoms with van der Waals surface area (Å²) in [6.07, 6.45) is -5.17. The molecule has 2 N–H and O–H groups in total. The second kappa shape index (κ2) is 12.9. The predicted molar refractivity (Wildman–Crippen MR) is 161 cm³/mol. The van der Waals surface area contributed by atoms with E-state index in [1.165, 1.54) is 12.1 Å². The fourth-order valence-corrected chi connectivity index (χ4v) is 5.51. The van der Waals surface area contributed by atoms with E-state index >= 15 is 0 Å². The number of aromatic nitrogens is 2. The van der Waals surface area contributed by atoms with Gasteiger partial charge in [0.15, 0.2) is 0 Å². The number of para-hydroxylation sites is 1. The van der Waals surface area contributed by atoms with Crippen LogP contribution in [-0.2, 0) is 39.1 Å². The van der Waals surface area contributed by atoms with E-state index in [0.29, 0.717) is 11.3 Å². The lowest BCUT2D eigenvalue weighted by Crippen LogP contribution is -2.39. The van der Waals surface area contributed by atoms with Gasteiger partial charge in [0.25, 0.3) is 5.56 Å². The summed E-state index contributed by atoms with van der Waals surface area (Å²) in [6.45, 7) is 0.877. The summed E-state index contributed by atoms with van der Waals surface area (Å²) < 4.78 is 47.0. The highest BCUT2D eigenvalue weighted by atomic mass is 19.4. The molecular weight excluding hydrogens is 605 g/mol. The third kappa shape index (κ3) is 6.93. The van der Waals surface area contributed by atoms with Gasteiger partial charge in [-0.2, -0.15) is 13.2 Å². The van der Waals surface area contributed by atoms with Crippen molar-refractivity contribution >= 4 is 29.3 Å². The lowest BCUT2D eigenvalue weighted by Gasteiger charge is -2.24. The van der Waals surface area contributed by atoms with E-state index < -0.39 is 59.7 Å². The van der Waals surface area contributed by atoms with Crippen LogP contribution in [0, 0.1) is 0 Å². The van der Waals surface area contributed by atoms with Crippen LogP contribution in [-0.4, -0.2) is 32.6 Å². The van der Waals surface area contributed by atoms with Crippen LogP contribution in [0.3, 0.4) is 0 Å². The van der Waals surface area contributed by atoms with Gasteiger partial charge in [-0.3, -0.25) is 23.9 Å². The minimum Gasteiger partial charge on any atom is -0.481 e. The van der Waals surface area contributed by atoms with Crippen LogP contribution in [0.25, 0.3) is 0 Å². The van der Waals surface area contributed by atoms with Crippen LogP contribution in [0.15, 0.2) is 95.9 Å². The summed E-state index contributed by atoms with van der Waals surface area (Å²) in [5, 5.41) is 12.4. The van der Waals surface area contributed by atoms with Gasteiger partial charge in [0.2, 0.25) is 5.91 Å². The first-order chi connectivity index (χ1) is 21.9. The molecule has 0 unspecified atom stereocenters. The number of carboxylic acids is 1. The number of carbonyl (C=O) groups excluding carboxylic acids is 2. The van der Waals surface area contributed by atoms with Crippen molar-refractivity contribution in [3.8, 4) is 0 Å². The van der Waals surface area contributed by atoms with Crippen LogP contribution in [0.1, 0.15) is 48.3 Å². The Hall–Kier alpha value is -5.46. The van der Waals surface area contributed by atoms with E-state index in [9.17, 15) is 37.5 Å². The molecule has 0 aliphatic carbocycles. The van der Waals surface area contributed by atoms with Gasteiger partial charge in [-0.05, 0) is 41.8 Å². The Balaban J connectivity index is 1.58. The summed E-state index contributed by atoms with van der Waals surface area (Å²) in [5.41, 5.74) is -2.30. The van der Waals surface area contributed by atoms with Crippen LogP contribution in [0.4, 0.5) is 29.3 Å². The minimum atomic E-state index is -4.66. The van der Waals surface area contributed by atoms with Gasteiger partial charge in [0, 0.05) is 11.1 Å². The average Bonchev–Trinajstić information content (AvgIpc) is 3.32. The number of carbonyl (C=O) groups is 3. The molecule has 0 radical (unpaired) electrons. The number of amides is 2. The molecule has 2 atom stereocenters. The fraction of sp³-hybridized carbons (Fsp3) is 0.242. The van der Waals surface area contributed by atoms with Crippen molar-refractivity contribution in [3.05, 3.63) is 124 Å². The number of carboxylic acid groups (broad SMARTS) is 1. The largest absolute Gasteiger partial charge is 0.481 e. The van der Waals surface area contributed by atoms with Gasteiger partial charge in [0.05, 0.1) is 24.7 Å². The average molecular weight is 635 g/mol. The SMILES string of the molecule is C[C@]1(CC(=O)O)C[C@@H](C(=O)Nc2ccccc2)n2c1ncc(N(Cc1cccc(C(F)(F)F)c1)C(=O)OCc1ccccc1)c2=O. The molecule has 1 aromatic heterocycles. The fourth-order valence-electron chi connectivity index (χ4n) is 5.51. The summed E-state index contributed by atoms with van der Waals surface area (Å²) in [7, 11) is 0. The molecule has 10 nitrogen and oxygen atoms in total. The highest BCUT2D eigenvalue weighted by Gasteiger charge is 2.47. The number of nitrogens with zero attached hydrogens (tertiary/aromatic N) is 3. The molecule has 2 heterocycles. The molecule has 1 aliphatic heterocycles. The number of rotatable bonds is 9. The summed E-state index contributed by atoms with van der Waals surface area (Å²) in [4.78, 5) is 58.3. The van der Waals surface area contributed by atoms with Crippen LogP contribution < -0.4 is 15.8 Å². The van der Waals surface area contributed by atoms with Gasteiger partial charge in [0.1, 0.15) is 24.2 Å². The van der Waals surface area contributed by atoms with E-state index in [1.807, 2.05) is 0 Å². The normalized spacial score (nSPS) is 17.2. The van der Waals surface area contributed by atoms with Crippen molar-refractivity contribution in [1.82, 2.24) is 9.55 Å². The second-order valence-electron chi connectivity index (χ2n) is 11.2. The Labute approximate surface area is 261 Å². The molecule has 0 spiro atoms. The van der Waals surface area contributed by atoms with E-state index in [0.717, 1.165) is 27.8 Å². The monoisotopic (exact) mass is 634 g/mol. The van der Waals surface area contributed by atoms with Crippen molar-refractivity contribution in [1.29, 1.82) is 0 Å². The Morgan fingerprint density at radius 1 is 1.02 bits per heavy atom. The Morgan fingerprint density at radius 2 is 1.67 bits per heavy atom. The zero-order valence-electron chi connectivity index (χ0n) is 24.5. The van der Waals surface area contributed by atoms with Crippen molar-refractivity contribution < 1.29 is 37.4 Å². The highest BCUT2D eigenvalue weighted by molar-refractivity contribution is 5.94. The van der Waals surface area contributed by atoms with E-state index in [-0.39, 0.29) is 30.1 Å². The topological polar surface area (TPSA) is 131 Å². The van der Waals surface area contributed by atoms with Crippen LogP contribution >= 0.6 is 0 Å². The lowest BCUT2D eigenvalue weighted by molar-refractivity contribution is -0.139. The molecule has 0 fully saturated rings. The van der Waals surface area contributed by atoms with Crippen molar-refractivity contribution in [2.24, 2.45) is 0 Å². The van der Waals surface area contributed by atoms with Gasteiger partial charge < -0.3 is 15.2 Å². The minimum absolute atomic E-state index is 0.0218. The molecule has 238 valence electrons. The quantitative estimate of drug-likeness (QED) is 0.234. The molecule has 5 rings (SSSR count). The maximum atomic E-state index is 14.2. The Kier molecular flexibility index (Phi) is 8.94. The number of halogens is 3. The maximum Gasteiger partial charge on any atom is 0.416 e. The third-order valence-electron chi connectivity index (χ3n) is 7.67. The molecule has 2 amide bonds. The van der Waals surface area contributed by atoms with Crippen molar-refractivity contribution in [2.75, 3.05) is 10.2 Å². The van der Waals surface area contributed by atoms with E-state index in [2.05, 4.69) is 10.3 Å². The summed E-state index contributed by atoms with van der Waals surface area (Å²) >= 11 is 0. The number of hydrogen-bond acceptors (Lipinski definition) is 6. The van der Waals surface area contributed by atoms with Crippen LogP contribution in [0.5, 0.6) is 0 Å². The summed E-state index contributed by atoms with van der Waals surface area (Å²) in [6, 6.07) is 20.1. The highest BCUT2D eigenvalue weighted by Crippen LogP contribution is 2.42. The number of aliphatic carboxylic acids is 1.